The van der Waals surface area contributed by atoms with E-state index in [9.17, 15) is 9.18 Å². The Bertz CT molecular complexity index is 1310. The number of fused-ring (bicyclic) bond motifs is 1. The highest BCUT2D eigenvalue weighted by Gasteiger charge is 2.26. The fourth-order valence-electron chi connectivity index (χ4n) is 3.99. The number of nitrogens with one attached hydrogen (secondary N) is 1. The normalized spacial score (nSPS) is 12.9. The lowest BCUT2D eigenvalue weighted by atomic mass is 10.1. The number of anilines is 4. The largest absolute Gasteiger partial charge is 0.444 e. The Morgan fingerprint density at radius 2 is 1.88 bits per heavy atom. The Morgan fingerprint density at radius 1 is 1.12 bits per heavy atom. The minimum atomic E-state index is -0.305. The molecule has 1 aliphatic heterocycles. The van der Waals surface area contributed by atoms with Crippen molar-refractivity contribution in [1.29, 1.82) is 0 Å². The summed E-state index contributed by atoms with van der Waals surface area (Å²) in [4.78, 5) is 29.2. The van der Waals surface area contributed by atoms with Gasteiger partial charge in [0, 0.05) is 49.4 Å². The van der Waals surface area contributed by atoms with Gasteiger partial charge in [-0.1, -0.05) is 0 Å². The van der Waals surface area contributed by atoms with E-state index < -0.39 is 0 Å². The van der Waals surface area contributed by atoms with Crippen LogP contribution < -0.4 is 10.2 Å². The minimum Gasteiger partial charge on any atom is -0.444 e. The third-order valence-electron chi connectivity index (χ3n) is 5.87. The molecular formula is C25H23FN6O2. The Kier molecular flexibility index (Phi) is 5.67. The maximum atomic E-state index is 13.5. The molecule has 1 aliphatic rings. The van der Waals surface area contributed by atoms with E-state index in [1.807, 2.05) is 36.2 Å². The summed E-state index contributed by atoms with van der Waals surface area (Å²) in [6.07, 6.45) is 3.69. The SMILES string of the molecule is CC(=O)N1CCc2nc(Nc3ccc(-c4cnco4)cc3)nc(N(C)c3ccc(F)cc3)c2C1. The molecule has 172 valence electrons. The quantitative estimate of drug-likeness (QED) is 0.464. The number of rotatable bonds is 5. The van der Waals surface area contributed by atoms with Crippen molar-refractivity contribution in [3.05, 3.63) is 78.2 Å². The molecule has 2 aromatic carbocycles. The Morgan fingerprint density at radius 3 is 2.56 bits per heavy atom. The van der Waals surface area contributed by atoms with Crippen LogP contribution in [0.5, 0.6) is 0 Å². The highest BCUT2D eigenvalue weighted by atomic mass is 19.1. The van der Waals surface area contributed by atoms with Crippen molar-refractivity contribution in [1.82, 2.24) is 19.9 Å². The predicted octanol–water partition coefficient (Wildman–Crippen LogP) is 4.69. The Balaban J connectivity index is 1.49. The van der Waals surface area contributed by atoms with Crippen LogP contribution >= 0.6 is 0 Å². The molecule has 2 aromatic heterocycles. The van der Waals surface area contributed by atoms with Gasteiger partial charge in [0.05, 0.1) is 18.4 Å². The number of hydrogen-bond donors (Lipinski definition) is 1. The number of halogens is 1. The molecule has 34 heavy (non-hydrogen) atoms. The van der Waals surface area contributed by atoms with Crippen LogP contribution in [0.1, 0.15) is 18.2 Å². The van der Waals surface area contributed by atoms with Crippen LogP contribution in [0.2, 0.25) is 0 Å². The first-order chi connectivity index (χ1) is 16.5. The molecule has 0 spiro atoms. The molecule has 0 saturated carbocycles. The van der Waals surface area contributed by atoms with Gasteiger partial charge in [0.1, 0.15) is 11.6 Å². The zero-order valence-corrected chi connectivity index (χ0v) is 18.8. The fourth-order valence-corrected chi connectivity index (χ4v) is 3.99. The van der Waals surface area contributed by atoms with Crippen LogP contribution in [0.25, 0.3) is 11.3 Å². The van der Waals surface area contributed by atoms with E-state index in [2.05, 4.69) is 10.3 Å². The maximum absolute atomic E-state index is 13.5. The first kappa shape index (κ1) is 21.6. The molecule has 3 heterocycles. The van der Waals surface area contributed by atoms with Crippen LogP contribution in [0, 0.1) is 5.82 Å². The highest BCUT2D eigenvalue weighted by Crippen LogP contribution is 2.32. The summed E-state index contributed by atoms with van der Waals surface area (Å²) < 4.78 is 18.8. The van der Waals surface area contributed by atoms with Crippen molar-refractivity contribution in [3.63, 3.8) is 0 Å². The second-order valence-electron chi connectivity index (χ2n) is 8.09. The van der Waals surface area contributed by atoms with Crippen molar-refractivity contribution < 1.29 is 13.6 Å². The van der Waals surface area contributed by atoms with Crippen molar-refractivity contribution in [2.24, 2.45) is 0 Å². The lowest BCUT2D eigenvalue weighted by Crippen LogP contribution is -2.36. The van der Waals surface area contributed by atoms with Crippen molar-refractivity contribution in [2.75, 3.05) is 23.8 Å². The molecule has 8 nitrogen and oxygen atoms in total. The van der Waals surface area contributed by atoms with E-state index in [4.69, 9.17) is 14.4 Å². The number of amides is 1. The van der Waals surface area contributed by atoms with E-state index >= 15 is 0 Å². The van der Waals surface area contributed by atoms with E-state index in [1.165, 1.54) is 18.5 Å². The monoisotopic (exact) mass is 458 g/mol. The summed E-state index contributed by atoms with van der Waals surface area (Å²) in [5, 5.41) is 3.28. The minimum absolute atomic E-state index is 0.00934. The summed E-state index contributed by atoms with van der Waals surface area (Å²) in [6.45, 7) is 2.59. The van der Waals surface area contributed by atoms with Gasteiger partial charge in [0.2, 0.25) is 11.9 Å². The van der Waals surface area contributed by atoms with Crippen LogP contribution in [-0.2, 0) is 17.8 Å². The standard InChI is InChI=1S/C25H23FN6O2/c1-16(33)32-12-11-22-21(14-32)24(31(2)20-9-5-18(26)6-10-20)30-25(29-22)28-19-7-3-17(4-8-19)23-13-27-15-34-23/h3-10,13,15H,11-12,14H2,1-2H3,(H,28,29,30). The maximum Gasteiger partial charge on any atom is 0.229 e. The third kappa shape index (κ3) is 4.32. The molecule has 0 fully saturated rings. The smallest absolute Gasteiger partial charge is 0.229 e. The fraction of sp³-hybridized carbons (Fsp3) is 0.200. The van der Waals surface area contributed by atoms with Gasteiger partial charge in [-0.05, 0) is 48.5 Å². The summed E-state index contributed by atoms with van der Waals surface area (Å²) in [6, 6.07) is 13.9. The number of aromatic nitrogens is 3. The molecular weight excluding hydrogens is 435 g/mol. The molecule has 0 saturated heterocycles. The van der Waals surface area contributed by atoms with Crippen LogP contribution in [0.15, 0.2) is 65.5 Å². The number of hydrogen-bond acceptors (Lipinski definition) is 7. The van der Waals surface area contributed by atoms with Crippen LogP contribution in [0.4, 0.5) is 27.5 Å². The molecule has 0 radical (unpaired) electrons. The van der Waals surface area contributed by atoms with E-state index in [-0.39, 0.29) is 11.7 Å². The van der Waals surface area contributed by atoms with Crippen molar-refractivity contribution in [3.8, 4) is 11.3 Å². The second-order valence-corrected chi connectivity index (χ2v) is 8.09. The average molecular weight is 458 g/mol. The Hall–Kier alpha value is -4.27. The number of carbonyl (C=O) groups excluding carboxylic acids is 1. The molecule has 5 rings (SSSR count). The number of nitrogens with zero attached hydrogens (tertiary/aromatic N) is 5. The zero-order valence-electron chi connectivity index (χ0n) is 18.8. The summed E-state index contributed by atoms with van der Waals surface area (Å²) in [7, 11) is 1.87. The molecule has 1 amide bonds. The molecule has 0 atom stereocenters. The average Bonchev–Trinajstić information content (AvgIpc) is 3.39. The topological polar surface area (TPSA) is 87.4 Å². The summed E-state index contributed by atoms with van der Waals surface area (Å²) in [5.74, 6) is 1.51. The zero-order chi connectivity index (χ0) is 23.7. The summed E-state index contributed by atoms with van der Waals surface area (Å²) >= 11 is 0. The van der Waals surface area contributed by atoms with Gasteiger partial charge in [-0.25, -0.2) is 14.4 Å². The van der Waals surface area contributed by atoms with Gasteiger partial charge >= 0.3 is 0 Å². The predicted molar refractivity (Wildman–Crippen MR) is 127 cm³/mol. The van der Waals surface area contributed by atoms with Gasteiger partial charge in [0.25, 0.3) is 0 Å². The van der Waals surface area contributed by atoms with Gasteiger partial charge < -0.3 is 19.5 Å². The van der Waals surface area contributed by atoms with Gasteiger partial charge in [-0.15, -0.1) is 0 Å². The lowest BCUT2D eigenvalue weighted by Gasteiger charge is -2.31. The molecule has 0 aliphatic carbocycles. The Labute approximate surface area is 196 Å². The molecule has 9 heteroatoms. The van der Waals surface area contributed by atoms with Crippen LogP contribution in [0.3, 0.4) is 0 Å². The van der Waals surface area contributed by atoms with Gasteiger partial charge in [0.15, 0.2) is 12.2 Å². The van der Waals surface area contributed by atoms with Crippen molar-refractivity contribution >= 4 is 29.0 Å². The number of carbonyl (C=O) groups is 1. The molecule has 0 unspecified atom stereocenters. The lowest BCUT2D eigenvalue weighted by molar-refractivity contribution is -0.129. The molecule has 1 N–H and O–H groups in total. The number of benzene rings is 2. The molecule has 4 aromatic rings. The highest BCUT2D eigenvalue weighted by molar-refractivity contribution is 5.75. The van der Waals surface area contributed by atoms with E-state index in [1.54, 1.807) is 30.2 Å². The van der Waals surface area contributed by atoms with Crippen LogP contribution in [-0.4, -0.2) is 39.4 Å². The van der Waals surface area contributed by atoms with E-state index in [0.717, 1.165) is 28.2 Å². The number of oxazole rings is 1. The second kappa shape index (κ2) is 8.93. The molecule has 0 bridgehead atoms. The van der Waals surface area contributed by atoms with E-state index in [0.29, 0.717) is 37.0 Å². The van der Waals surface area contributed by atoms with Gasteiger partial charge in [-0.2, -0.15) is 4.98 Å². The summed E-state index contributed by atoms with van der Waals surface area (Å²) in [5.41, 5.74) is 4.29. The first-order valence-corrected chi connectivity index (χ1v) is 10.9. The first-order valence-electron chi connectivity index (χ1n) is 10.9. The van der Waals surface area contributed by atoms with Gasteiger partial charge in [-0.3, -0.25) is 4.79 Å². The third-order valence-corrected chi connectivity index (χ3v) is 5.87. The van der Waals surface area contributed by atoms with Crippen molar-refractivity contribution in [2.45, 2.75) is 19.9 Å².